The Morgan fingerprint density at radius 3 is 3.00 bits per heavy atom. The average molecular weight is 218 g/mol. The van der Waals surface area contributed by atoms with Gasteiger partial charge >= 0.3 is 0 Å². The van der Waals surface area contributed by atoms with Crippen molar-refractivity contribution < 1.29 is 0 Å². The third-order valence-corrected chi connectivity index (χ3v) is 2.86. The number of nitrogen functional groups attached to an aromatic ring is 1. The molecule has 0 unspecified atom stereocenters. The number of aromatic amines is 1. The van der Waals surface area contributed by atoms with Gasteiger partial charge in [0, 0.05) is 6.20 Å². The molecule has 0 bridgehead atoms. The number of nitrogens with two attached hydrogens (primary N) is 1. The molecule has 3 heterocycles. The normalized spacial score (nSPS) is 10.9. The largest absolute Gasteiger partial charge is 0.366 e. The van der Waals surface area contributed by atoms with Crippen LogP contribution in [0.5, 0.6) is 0 Å². The van der Waals surface area contributed by atoms with Gasteiger partial charge in [0.15, 0.2) is 10.8 Å². The molecule has 3 aromatic rings. The fourth-order valence-corrected chi connectivity index (χ4v) is 2.09. The van der Waals surface area contributed by atoms with Crippen molar-refractivity contribution in [1.29, 1.82) is 0 Å². The Balaban J connectivity index is 2.19. The Bertz CT molecular complexity index is 579. The molecule has 7 heteroatoms. The second-order valence-corrected chi connectivity index (χ2v) is 3.87. The van der Waals surface area contributed by atoms with Gasteiger partial charge in [-0.1, -0.05) is 11.3 Å². The van der Waals surface area contributed by atoms with E-state index in [0.29, 0.717) is 5.82 Å². The zero-order valence-electron chi connectivity index (χ0n) is 7.51. The Morgan fingerprint density at radius 1 is 1.33 bits per heavy atom. The van der Waals surface area contributed by atoms with Gasteiger partial charge in [0.1, 0.15) is 10.3 Å². The molecule has 0 aromatic carbocycles. The quantitative estimate of drug-likeness (QED) is 0.637. The van der Waals surface area contributed by atoms with E-state index < -0.39 is 0 Å². The number of thiazole rings is 1. The summed E-state index contributed by atoms with van der Waals surface area (Å²) in [6.45, 7) is 0. The molecule has 3 aromatic heterocycles. The van der Waals surface area contributed by atoms with Crippen molar-refractivity contribution in [2.45, 2.75) is 0 Å². The summed E-state index contributed by atoms with van der Waals surface area (Å²) in [5, 5.41) is 7.21. The van der Waals surface area contributed by atoms with Gasteiger partial charge in [-0.25, -0.2) is 9.97 Å². The lowest BCUT2D eigenvalue weighted by Gasteiger charge is -1.82. The van der Waals surface area contributed by atoms with Crippen molar-refractivity contribution in [2.24, 2.45) is 0 Å². The van der Waals surface area contributed by atoms with Crippen molar-refractivity contribution in [2.75, 3.05) is 5.73 Å². The van der Waals surface area contributed by atoms with Gasteiger partial charge in [-0.15, -0.1) is 5.10 Å². The molecular weight excluding hydrogens is 212 g/mol. The van der Waals surface area contributed by atoms with Crippen molar-refractivity contribution >= 4 is 27.6 Å². The second kappa shape index (κ2) is 2.99. The molecule has 0 fully saturated rings. The van der Waals surface area contributed by atoms with Crippen LogP contribution in [0.15, 0.2) is 18.3 Å². The third-order valence-electron chi connectivity index (χ3n) is 1.87. The number of fused-ring (bicyclic) bond motifs is 1. The minimum Gasteiger partial charge on any atom is -0.366 e. The standard InChI is InChI=1S/C8H6N6S/c9-8-12-5(13-14-8)7-11-4-2-1-3-10-6(4)15-7/h1-3H,(H3,9,12,13,14). The van der Waals surface area contributed by atoms with Crippen LogP contribution in [0.1, 0.15) is 0 Å². The monoisotopic (exact) mass is 218 g/mol. The molecule has 74 valence electrons. The first-order chi connectivity index (χ1) is 7.33. The van der Waals surface area contributed by atoms with E-state index in [0.717, 1.165) is 15.4 Å². The Labute approximate surface area is 88.2 Å². The maximum Gasteiger partial charge on any atom is 0.239 e. The van der Waals surface area contributed by atoms with Gasteiger partial charge in [0.25, 0.3) is 0 Å². The summed E-state index contributed by atoms with van der Waals surface area (Å²) in [4.78, 5) is 13.4. The van der Waals surface area contributed by atoms with Crippen LogP contribution >= 0.6 is 11.3 Å². The lowest BCUT2D eigenvalue weighted by molar-refractivity contribution is 1.10. The number of hydrogen-bond donors (Lipinski definition) is 2. The maximum absolute atomic E-state index is 5.42. The lowest BCUT2D eigenvalue weighted by atomic mass is 10.5. The third kappa shape index (κ3) is 1.33. The second-order valence-electron chi connectivity index (χ2n) is 2.89. The van der Waals surface area contributed by atoms with Crippen LogP contribution in [-0.2, 0) is 0 Å². The van der Waals surface area contributed by atoms with E-state index >= 15 is 0 Å². The highest BCUT2D eigenvalue weighted by Gasteiger charge is 2.09. The molecule has 3 N–H and O–H groups in total. The highest BCUT2D eigenvalue weighted by Crippen LogP contribution is 2.26. The fraction of sp³-hybridized carbons (Fsp3) is 0. The molecule has 0 aliphatic carbocycles. The summed E-state index contributed by atoms with van der Waals surface area (Å²) >= 11 is 1.45. The van der Waals surface area contributed by atoms with Crippen LogP contribution in [0.4, 0.5) is 5.95 Å². The molecule has 0 spiro atoms. The molecule has 6 nitrogen and oxygen atoms in total. The number of nitrogens with one attached hydrogen (secondary N) is 1. The van der Waals surface area contributed by atoms with Crippen LogP contribution in [-0.4, -0.2) is 25.1 Å². The van der Waals surface area contributed by atoms with Gasteiger partial charge in [-0.05, 0) is 12.1 Å². The fourth-order valence-electron chi connectivity index (χ4n) is 1.24. The van der Waals surface area contributed by atoms with Crippen LogP contribution < -0.4 is 5.73 Å². The molecule has 0 saturated carbocycles. The van der Waals surface area contributed by atoms with Crippen LogP contribution in [0.2, 0.25) is 0 Å². The van der Waals surface area contributed by atoms with E-state index in [-0.39, 0.29) is 5.95 Å². The van der Waals surface area contributed by atoms with Gasteiger partial charge in [-0.3, -0.25) is 5.10 Å². The number of rotatable bonds is 1. The van der Waals surface area contributed by atoms with Crippen LogP contribution in [0.3, 0.4) is 0 Å². The van der Waals surface area contributed by atoms with E-state index in [1.165, 1.54) is 11.3 Å². The molecule has 0 saturated heterocycles. The van der Waals surface area contributed by atoms with E-state index in [4.69, 9.17) is 5.73 Å². The minimum atomic E-state index is 0.220. The van der Waals surface area contributed by atoms with E-state index in [2.05, 4.69) is 25.1 Å². The molecule has 0 aliphatic rings. The Kier molecular flexibility index (Phi) is 1.65. The summed E-state index contributed by atoms with van der Waals surface area (Å²) in [5.41, 5.74) is 6.27. The summed E-state index contributed by atoms with van der Waals surface area (Å²) in [6.07, 6.45) is 1.74. The number of anilines is 1. The summed E-state index contributed by atoms with van der Waals surface area (Å²) in [5.74, 6) is 0.799. The molecular formula is C8H6N6S. The predicted molar refractivity (Wildman–Crippen MR) is 57.2 cm³/mol. The highest BCUT2D eigenvalue weighted by molar-refractivity contribution is 7.21. The molecule has 15 heavy (non-hydrogen) atoms. The van der Waals surface area contributed by atoms with Crippen molar-refractivity contribution in [3.05, 3.63) is 18.3 Å². The van der Waals surface area contributed by atoms with Crippen LogP contribution in [0, 0.1) is 0 Å². The molecule has 0 radical (unpaired) electrons. The van der Waals surface area contributed by atoms with E-state index in [9.17, 15) is 0 Å². The van der Waals surface area contributed by atoms with Crippen molar-refractivity contribution in [3.63, 3.8) is 0 Å². The number of nitrogens with zero attached hydrogens (tertiary/aromatic N) is 4. The summed E-state index contributed by atoms with van der Waals surface area (Å²) < 4.78 is 0. The van der Waals surface area contributed by atoms with Crippen molar-refractivity contribution in [1.82, 2.24) is 25.1 Å². The topological polar surface area (TPSA) is 93.4 Å². The molecule has 0 aliphatic heterocycles. The number of pyridine rings is 1. The predicted octanol–water partition coefficient (Wildman–Crippen LogP) is 1.06. The van der Waals surface area contributed by atoms with E-state index in [1.54, 1.807) is 6.20 Å². The minimum absolute atomic E-state index is 0.220. The van der Waals surface area contributed by atoms with Gasteiger partial charge in [0.2, 0.25) is 5.95 Å². The first-order valence-electron chi connectivity index (χ1n) is 4.23. The zero-order valence-corrected chi connectivity index (χ0v) is 8.32. The van der Waals surface area contributed by atoms with Gasteiger partial charge < -0.3 is 5.73 Å². The first-order valence-corrected chi connectivity index (χ1v) is 5.04. The van der Waals surface area contributed by atoms with Gasteiger partial charge in [0.05, 0.1) is 0 Å². The summed E-state index contributed by atoms with van der Waals surface area (Å²) in [6, 6.07) is 3.75. The number of aromatic nitrogens is 5. The highest BCUT2D eigenvalue weighted by atomic mass is 32.1. The maximum atomic E-state index is 5.42. The van der Waals surface area contributed by atoms with Gasteiger partial charge in [-0.2, -0.15) is 4.98 Å². The van der Waals surface area contributed by atoms with E-state index in [1.807, 2.05) is 12.1 Å². The summed E-state index contributed by atoms with van der Waals surface area (Å²) in [7, 11) is 0. The van der Waals surface area contributed by atoms with Crippen molar-refractivity contribution in [3.8, 4) is 10.8 Å². The SMILES string of the molecule is Nc1n[nH]c(-c2nc3cccnc3s2)n1. The lowest BCUT2D eigenvalue weighted by Crippen LogP contribution is -1.85. The molecule has 0 atom stereocenters. The molecule has 3 rings (SSSR count). The number of hydrogen-bond acceptors (Lipinski definition) is 6. The Hall–Kier alpha value is -2.02. The zero-order chi connectivity index (χ0) is 10.3. The smallest absolute Gasteiger partial charge is 0.239 e. The average Bonchev–Trinajstić information content (AvgIpc) is 2.82. The molecule has 0 amide bonds. The van der Waals surface area contributed by atoms with Crippen LogP contribution in [0.25, 0.3) is 21.2 Å². The first kappa shape index (κ1) is 8.30. The Morgan fingerprint density at radius 2 is 2.27 bits per heavy atom. The number of H-pyrrole nitrogens is 1.